The highest BCUT2D eigenvalue weighted by molar-refractivity contribution is 6.11. The first kappa shape index (κ1) is 20.1. The molecule has 0 aliphatic heterocycles. The molecule has 4 aromatic rings. The molecule has 0 bridgehead atoms. The number of fused-ring (bicyclic) bond motifs is 2. The maximum Gasteiger partial charge on any atom is 0.257 e. The lowest BCUT2D eigenvalue weighted by Gasteiger charge is -2.14. The number of aromatic nitrogens is 3. The van der Waals surface area contributed by atoms with Crippen molar-refractivity contribution in [2.24, 2.45) is 0 Å². The zero-order chi connectivity index (χ0) is 22.2. The van der Waals surface area contributed by atoms with Gasteiger partial charge in [0.15, 0.2) is 5.65 Å². The van der Waals surface area contributed by atoms with E-state index in [1.807, 2.05) is 36.4 Å². The molecule has 1 aliphatic carbocycles. The summed E-state index contributed by atoms with van der Waals surface area (Å²) in [5, 5.41) is 3.14. The average Bonchev–Trinajstić information content (AvgIpc) is 3.42. The van der Waals surface area contributed by atoms with E-state index in [2.05, 4.69) is 5.32 Å². The number of benzene rings is 2. The monoisotopic (exact) mass is 431 g/mol. The van der Waals surface area contributed by atoms with Crippen LogP contribution in [0.25, 0.3) is 27.9 Å². The summed E-state index contributed by atoms with van der Waals surface area (Å²) in [6, 6.07) is 13.1. The van der Waals surface area contributed by atoms with Gasteiger partial charge in [0.2, 0.25) is 0 Å². The summed E-state index contributed by atoms with van der Waals surface area (Å²) >= 11 is 0. The Balaban J connectivity index is 1.76. The van der Waals surface area contributed by atoms with E-state index in [1.54, 1.807) is 24.9 Å². The molecule has 1 saturated carbocycles. The first-order chi connectivity index (χ1) is 15.6. The smallest absolute Gasteiger partial charge is 0.257 e. The quantitative estimate of drug-likeness (QED) is 0.497. The highest BCUT2D eigenvalue weighted by atomic mass is 16.5. The molecule has 32 heavy (non-hydrogen) atoms. The molecule has 2 aromatic carbocycles. The topological polar surface area (TPSA) is 104 Å². The molecule has 1 aliphatic rings. The average molecular weight is 431 g/mol. The SMILES string of the molecule is COc1ccc(-n2c(N)c(C(=O)NC3CCCC3)c3nc4ccccc4nc32)c(OC)c1. The molecule has 8 nitrogen and oxygen atoms in total. The third-order valence-electron chi connectivity index (χ3n) is 6.04. The fraction of sp³-hybridized carbons (Fsp3) is 0.292. The van der Waals surface area contributed by atoms with Crippen molar-refractivity contribution in [3.8, 4) is 17.2 Å². The number of ether oxygens (including phenoxy) is 2. The number of hydrogen-bond donors (Lipinski definition) is 2. The summed E-state index contributed by atoms with van der Waals surface area (Å²) in [5.41, 5.74) is 9.99. The number of nitrogens with one attached hydrogen (secondary N) is 1. The van der Waals surface area contributed by atoms with Crippen LogP contribution in [0.5, 0.6) is 11.5 Å². The normalized spacial score (nSPS) is 14.2. The van der Waals surface area contributed by atoms with Gasteiger partial charge in [-0.1, -0.05) is 25.0 Å². The molecule has 0 spiro atoms. The van der Waals surface area contributed by atoms with Gasteiger partial charge in [-0.25, -0.2) is 9.97 Å². The molecule has 8 heteroatoms. The lowest BCUT2D eigenvalue weighted by molar-refractivity contribution is 0.0940. The van der Waals surface area contributed by atoms with Crippen LogP contribution in [0, 0.1) is 0 Å². The van der Waals surface area contributed by atoms with Crippen molar-refractivity contribution < 1.29 is 14.3 Å². The predicted molar refractivity (Wildman–Crippen MR) is 124 cm³/mol. The third kappa shape index (κ3) is 3.28. The molecule has 164 valence electrons. The van der Waals surface area contributed by atoms with Gasteiger partial charge in [-0.15, -0.1) is 0 Å². The van der Waals surface area contributed by atoms with Gasteiger partial charge in [-0.2, -0.15) is 0 Å². The maximum atomic E-state index is 13.3. The lowest BCUT2D eigenvalue weighted by atomic mass is 10.2. The van der Waals surface area contributed by atoms with Crippen molar-refractivity contribution in [2.75, 3.05) is 20.0 Å². The summed E-state index contributed by atoms with van der Waals surface area (Å²) in [6.45, 7) is 0. The summed E-state index contributed by atoms with van der Waals surface area (Å²) in [5.74, 6) is 1.24. The van der Waals surface area contributed by atoms with E-state index in [4.69, 9.17) is 25.2 Å². The van der Waals surface area contributed by atoms with Gasteiger partial charge in [0.1, 0.15) is 28.4 Å². The number of nitrogens with two attached hydrogens (primary N) is 1. The zero-order valence-corrected chi connectivity index (χ0v) is 18.1. The molecule has 1 fully saturated rings. The zero-order valence-electron chi connectivity index (χ0n) is 18.1. The van der Waals surface area contributed by atoms with Gasteiger partial charge < -0.3 is 20.5 Å². The van der Waals surface area contributed by atoms with E-state index in [0.717, 1.165) is 25.7 Å². The number of nitrogen functional groups attached to an aromatic ring is 1. The van der Waals surface area contributed by atoms with Crippen LogP contribution in [0.4, 0.5) is 5.82 Å². The minimum atomic E-state index is -0.227. The second kappa shape index (κ2) is 8.03. The Morgan fingerprint density at radius 3 is 2.47 bits per heavy atom. The molecule has 0 saturated heterocycles. The molecule has 5 rings (SSSR count). The summed E-state index contributed by atoms with van der Waals surface area (Å²) in [6.07, 6.45) is 4.20. The molecule has 0 atom stereocenters. The number of methoxy groups -OCH3 is 2. The van der Waals surface area contributed by atoms with E-state index in [0.29, 0.717) is 44.9 Å². The van der Waals surface area contributed by atoms with E-state index >= 15 is 0 Å². The Bertz CT molecular complexity index is 1320. The number of hydrogen-bond acceptors (Lipinski definition) is 6. The molecule has 3 N–H and O–H groups in total. The Labute approximate surface area is 185 Å². The van der Waals surface area contributed by atoms with Gasteiger partial charge in [-0.3, -0.25) is 9.36 Å². The van der Waals surface area contributed by atoms with Crippen LogP contribution in [0.1, 0.15) is 36.0 Å². The van der Waals surface area contributed by atoms with Crippen LogP contribution < -0.4 is 20.5 Å². The first-order valence-electron chi connectivity index (χ1n) is 10.7. The third-order valence-corrected chi connectivity index (χ3v) is 6.04. The van der Waals surface area contributed by atoms with Crippen LogP contribution in [-0.4, -0.2) is 40.7 Å². The minimum absolute atomic E-state index is 0.157. The molecule has 2 heterocycles. The highest BCUT2D eigenvalue weighted by Gasteiger charge is 2.28. The van der Waals surface area contributed by atoms with Crippen molar-refractivity contribution in [3.63, 3.8) is 0 Å². The van der Waals surface area contributed by atoms with Crippen LogP contribution in [0.3, 0.4) is 0 Å². The Morgan fingerprint density at radius 1 is 1.06 bits per heavy atom. The van der Waals surface area contributed by atoms with Crippen molar-refractivity contribution >= 4 is 33.9 Å². The van der Waals surface area contributed by atoms with Crippen LogP contribution >= 0.6 is 0 Å². The van der Waals surface area contributed by atoms with E-state index < -0.39 is 0 Å². The number of rotatable bonds is 5. The van der Waals surface area contributed by atoms with Gasteiger partial charge in [0.05, 0.1) is 30.9 Å². The molecule has 0 radical (unpaired) electrons. The van der Waals surface area contributed by atoms with Crippen LogP contribution in [0.2, 0.25) is 0 Å². The number of anilines is 1. The minimum Gasteiger partial charge on any atom is -0.497 e. The summed E-state index contributed by atoms with van der Waals surface area (Å²) in [4.78, 5) is 22.9. The van der Waals surface area contributed by atoms with E-state index in [1.165, 1.54) is 0 Å². The van der Waals surface area contributed by atoms with Crippen molar-refractivity contribution in [1.29, 1.82) is 0 Å². The Morgan fingerprint density at radius 2 is 1.78 bits per heavy atom. The number of para-hydroxylation sites is 2. The Kier molecular flexibility index (Phi) is 5.05. The number of carbonyl (C=O) groups is 1. The van der Waals surface area contributed by atoms with Gasteiger partial charge in [-0.05, 0) is 37.1 Å². The van der Waals surface area contributed by atoms with E-state index in [-0.39, 0.29) is 17.8 Å². The predicted octanol–water partition coefficient (Wildman–Crippen LogP) is 3.85. The fourth-order valence-electron chi connectivity index (χ4n) is 4.43. The van der Waals surface area contributed by atoms with Gasteiger partial charge >= 0.3 is 0 Å². The van der Waals surface area contributed by atoms with Gasteiger partial charge in [0, 0.05) is 12.1 Å². The maximum absolute atomic E-state index is 13.3. The standard InChI is InChI=1S/C24H25N5O3/c1-31-15-11-12-18(19(13-15)32-2)29-22(25)20(24(30)26-14-7-3-4-8-14)21-23(29)28-17-10-6-5-9-16(17)27-21/h5-6,9-14H,3-4,7-8,25H2,1-2H3,(H,26,30). The molecular formula is C24H25N5O3. The van der Waals surface area contributed by atoms with Crippen molar-refractivity contribution in [2.45, 2.75) is 31.7 Å². The summed E-state index contributed by atoms with van der Waals surface area (Å²) in [7, 11) is 3.17. The van der Waals surface area contributed by atoms with Crippen LogP contribution in [0.15, 0.2) is 42.5 Å². The second-order valence-corrected chi connectivity index (χ2v) is 7.97. The number of nitrogens with zero attached hydrogens (tertiary/aromatic N) is 3. The van der Waals surface area contributed by atoms with Crippen LogP contribution in [-0.2, 0) is 0 Å². The van der Waals surface area contributed by atoms with E-state index in [9.17, 15) is 4.79 Å². The van der Waals surface area contributed by atoms with Crippen molar-refractivity contribution in [1.82, 2.24) is 19.9 Å². The number of amides is 1. The second-order valence-electron chi connectivity index (χ2n) is 7.97. The fourth-order valence-corrected chi connectivity index (χ4v) is 4.43. The highest BCUT2D eigenvalue weighted by Crippen LogP contribution is 2.36. The number of carbonyl (C=O) groups excluding carboxylic acids is 1. The first-order valence-corrected chi connectivity index (χ1v) is 10.7. The van der Waals surface area contributed by atoms with Crippen molar-refractivity contribution in [3.05, 3.63) is 48.0 Å². The molecule has 1 amide bonds. The largest absolute Gasteiger partial charge is 0.497 e. The Hall–Kier alpha value is -3.81. The summed E-state index contributed by atoms with van der Waals surface area (Å²) < 4.78 is 12.7. The molecule has 0 unspecified atom stereocenters. The lowest BCUT2D eigenvalue weighted by Crippen LogP contribution is -2.33. The molecule has 2 aromatic heterocycles. The van der Waals surface area contributed by atoms with Gasteiger partial charge in [0.25, 0.3) is 5.91 Å². The molecular weight excluding hydrogens is 406 g/mol.